The van der Waals surface area contributed by atoms with Crippen LogP contribution < -0.4 is 19.7 Å². The number of aromatic nitrogens is 2. The molecule has 1 heterocycles. The van der Waals surface area contributed by atoms with Crippen LogP contribution in [0, 0.1) is 0 Å². The summed E-state index contributed by atoms with van der Waals surface area (Å²) in [7, 11) is 5.61. The van der Waals surface area contributed by atoms with Gasteiger partial charge in [-0.2, -0.15) is 0 Å². The normalized spacial score (nSPS) is 17.8. The third-order valence-electron chi connectivity index (χ3n) is 6.47. The number of likely N-dealkylation sites (N-methyl/N-ethyl adjacent to an activating group) is 1. The van der Waals surface area contributed by atoms with Crippen molar-refractivity contribution in [1.29, 1.82) is 0 Å². The van der Waals surface area contributed by atoms with Gasteiger partial charge in [-0.25, -0.2) is 9.97 Å². The number of aliphatic hydroxyl groups is 1. The Kier molecular flexibility index (Phi) is 7.48. The van der Waals surface area contributed by atoms with E-state index >= 15 is 0 Å². The zero-order valence-electron chi connectivity index (χ0n) is 19.5. The van der Waals surface area contributed by atoms with E-state index in [-0.39, 0.29) is 6.61 Å². The van der Waals surface area contributed by atoms with Crippen molar-refractivity contribution >= 4 is 5.82 Å². The quantitative estimate of drug-likeness (QED) is 0.582. The molecule has 0 spiro atoms. The van der Waals surface area contributed by atoms with Gasteiger partial charge in [0.2, 0.25) is 0 Å². The number of rotatable bonds is 10. The van der Waals surface area contributed by atoms with E-state index in [2.05, 4.69) is 23.3 Å². The molecule has 2 fully saturated rings. The first-order valence-corrected chi connectivity index (χ1v) is 11.8. The van der Waals surface area contributed by atoms with Crippen LogP contribution in [0.1, 0.15) is 56.6 Å². The molecule has 2 saturated carbocycles. The van der Waals surface area contributed by atoms with Crippen LogP contribution in [-0.2, 0) is 0 Å². The number of aliphatic hydroxyl groups excluding tert-OH is 1. The minimum Gasteiger partial charge on any atom is -0.497 e. The summed E-state index contributed by atoms with van der Waals surface area (Å²) in [4.78, 5) is 12.2. The van der Waals surface area contributed by atoms with E-state index in [1.54, 1.807) is 14.2 Å². The number of methoxy groups -OCH3 is 1. The third kappa shape index (κ3) is 5.70. The topological polar surface area (TPSA) is 79.7 Å². The SMILES string of the molecule is CNCC(O)COc1cc(OC)cc(-c2nc(C3CC3)cc(N(C)C3CCCCC3)n2)c1. The van der Waals surface area contributed by atoms with Crippen molar-refractivity contribution in [2.45, 2.75) is 63.0 Å². The summed E-state index contributed by atoms with van der Waals surface area (Å²) in [5.41, 5.74) is 1.99. The van der Waals surface area contributed by atoms with Crippen molar-refractivity contribution in [1.82, 2.24) is 15.3 Å². The summed E-state index contributed by atoms with van der Waals surface area (Å²) in [6, 6.07) is 8.44. The van der Waals surface area contributed by atoms with Crippen molar-refractivity contribution in [3.8, 4) is 22.9 Å². The lowest BCUT2D eigenvalue weighted by molar-refractivity contribution is 0.108. The first kappa shape index (κ1) is 22.8. The Morgan fingerprint density at radius 3 is 2.50 bits per heavy atom. The minimum absolute atomic E-state index is 0.200. The maximum absolute atomic E-state index is 10.0. The Balaban J connectivity index is 1.64. The second-order valence-corrected chi connectivity index (χ2v) is 9.07. The first-order chi connectivity index (χ1) is 15.6. The molecular weight excluding hydrogens is 404 g/mol. The van der Waals surface area contributed by atoms with Crippen LogP contribution in [0.4, 0.5) is 5.82 Å². The zero-order chi connectivity index (χ0) is 22.5. The molecule has 1 aromatic heterocycles. The molecule has 2 aliphatic rings. The molecule has 7 nitrogen and oxygen atoms in total. The van der Waals surface area contributed by atoms with Gasteiger partial charge in [-0.15, -0.1) is 0 Å². The van der Waals surface area contributed by atoms with Crippen molar-refractivity contribution in [2.75, 3.05) is 39.3 Å². The Bertz CT molecular complexity index is 897. The lowest BCUT2D eigenvalue weighted by atomic mass is 9.94. The molecule has 0 amide bonds. The molecule has 0 radical (unpaired) electrons. The maximum atomic E-state index is 10.0. The van der Waals surface area contributed by atoms with Crippen LogP contribution in [0.2, 0.25) is 0 Å². The van der Waals surface area contributed by atoms with Crippen molar-refractivity contribution in [3.63, 3.8) is 0 Å². The van der Waals surface area contributed by atoms with E-state index < -0.39 is 6.10 Å². The van der Waals surface area contributed by atoms with Crippen LogP contribution in [-0.4, -0.2) is 61.6 Å². The van der Waals surface area contributed by atoms with Gasteiger partial charge in [0.1, 0.15) is 30.0 Å². The number of benzene rings is 1. The van der Waals surface area contributed by atoms with E-state index in [0.717, 1.165) is 17.1 Å². The van der Waals surface area contributed by atoms with Crippen molar-refractivity contribution in [3.05, 3.63) is 30.0 Å². The molecule has 0 aliphatic heterocycles. The monoisotopic (exact) mass is 440 g/mol. The molecule has 2 aliphatic carbocycles. The van der Waals surface area contributed by atoms with Gasteiger partial charge < -0.3 is 24.8 Å². The largest absolute Gasteiger partial charge is 0.497 e. The summed E-state index contributed by atoms with van der Waals surface area (Å²) >= 11 is 0. The fourth-order valence-corrected chi connectivity index (χ4v) is 4.40. The van der Waals surface area contributed by atoms with Crippen LogP contribution >= 0.6 is 0 Å². The van der Waals surface area contributed by atoms with E-state index in [1.165, 1.54) is 44.9 Å². The van der Waals surface area contributed by atoms with Crippen molar-refractivity contribution in [2.24, 2.45) is 0 Å². The van der Waals surface area contributed by atoms with Gasteiger partial charge in [-0.3, -0.25) is 0 Å². The molecule has 32 heavy (non-hydrogen) atoms. The average Bonchev–Trinajstić information content (AvgIpc) is 3.68. The van der Waals surface area contributed by atoms with Gasteiger partial charge >= 0.3 is 0 Å². The van der Waals surface area contributed by atoms with E-state index in [1.807, 2.05) is 18.2 Å². The average molecular weight is 441 g/mol. The number of nitrogens with one attached hydrogen (secondary N) is 1. The highest BCUT2D eigenvalue weighted by molar-refractivity contribution is 5.63. The lowest BCUT2D eigenvalue weighted by Crippen LogP contribution is -2.34. The van der Waals surface area contributed by atoms with Crippen LogP contribution in [0.5, 0.6) is 11.5 Å². The van der Waals surface area contributed by atoms with Gasteiger partial charge in [0.15, 0.2) is 5.82 Å². The highest BCUT2D eigenvalue weighted by Gasteiger charge is 2.28. The van der Waals surface area contributed by atoms with Gasteiger partial charge in [0.25, 0.3) is 0 Å². The zero-order valence-corrected chi connectivity index (χ0v) is 19.5. The third-order valence-corrected chi connectivity index (χ3v) is 6.47. The Labute approximate surface area is 191 Å². The summed E-state index contributed by atoms with van der Waals surface area (Å²) in [6.07, 6.45) is 8.16. The van der Waals surface area contributed by atoms with Gasteiger partial charge in [-0.05, 0) is 44.9 Å². The molecule has 2 aromatic rings. The predicted octanol–water partition coefficient (Wildman–Crippen LogP) is 3.76. The second kappa shape index (κ2) is 10.5. The number of nitrogens with zero attached hydrogens (tertiary/aromatic N) is 3. The molecule has 4 rings (SSSR count). The smallest absolute Gasteiger partial charge is 0.162 e. The molecule has 1 unspecified atom stereocenters. The Hall–Kier alpha value is -2.38. The molecule has 0 saturated heterocycles. The predicted molar refractivity (Wildman–Crippen MR) is 127 cm³/mol. The lowest BCUT2D eigenvalue weighted by Gasteiger charge is -2.32. The molecule has 1 atom stereocenters. The van der Waals surface area contributed by atoms with Gasteiger partial charge in [0, 0.05) is 48.9 Å². The summed E-state index contributed by atoms with van der Waals surface area (Å²) in [5.74, 6) is 3.55. The molecule has 7 heteroatoms. The van der Waals surface area contributed by atoms with Gasteiger partial charge in [0.05, 0.1) is 7.11 Å². The number of hydrogen-bond donors (Lipinski definition) is 2. The van der Waals surface area contributed by atoms with Crippen molar-refractivity contribution < 1.29 is 14.6 Å². The fourth-order valence-electron chi connectivity index (χ4n) is 4.40. The van der Waals surface area contributed by atoms with Crippen LogP contribution in [0.15, 0.2) is 24.3 Å². The first-order valence-electron chi connectivity index (χ1n) is 11.8. The summed E-state index contributed by atoms with van der Waals surface area (Å²) in [5, 5.41) is 13.0. The second-order valence-electron chi connectivity index (χ2n) is 9.07. The molecule has 2 N–H and O–H groups in total. The van der Waals surface area contributed by atoms with Crippen LogP contribution in [0.3, 0.4) is 0 Å². The van der Waals surface area contributed by atoms with E-state index in [4.69, 9.17) is 19.4 Å². The minimum atomic E-state index is -0.583. The molecule has 174 valence electrons. The highest BCUT2D eigenvalue weighted by Crippen LogP contribution is 2.41. The van der Waals surface area contributed by atoms with Gasteiger partial charge in [-0.1, -0.05) is 19.3 Å². The summed E-state index contributed by atoms with van der Waals surface area (Å²) < 4.78 is 11.4. The highest BCUT2D eigenvalue weighted by atomic mass is 16.5. The number of hydrogen-bond acceptors (Lipinski definition) is 7. The molecule has 1 aromatic carbocycles. The molecule has 0 bridgehead atoms. The Morgan fingerprint density at radius 1 is 1.06 bits per heavy atom. The Morgan fingerprint density at radius 2 is 1.81 bits per heavy atom. The van der Waals surface area contributed by atoms with Crippen LogP contribution in [0.25, 0.3) is 11.4 Å². The van der Waals surface area contributed by atoms with E-state index in [0.29, 0.717) is 35.8 Å². The fraction of sp³-hybridized carbons (Fsp3) is 0.600. The summed E-state index contributed by atoms with van der Waals surface area (Å²) in [6.45, 7) is 0.673. The molecular formula is C25H36N4O3. The van der Waals surface area contributed by atoms with E-state index in [9.17, 15) is 5.11 Å². The standard InChI is InChI=1S/C25H36N4O3/c1-26-15-20(30)16-32-22-12-18(11-21(13-22)31-3)25-27-23(17-9-10-17)14-24(28-25)29(2)19-7-5-4-6-8-19/h11-14,17,19-20,26,30H,4-10,15-16H2,1-3H3. The number of ether oxygens (including phenoxy) is 2. The number of anilines is 1. The maximum Gasteiger partial charge on any atom is 0.162 e.